The molecule has 3 unspecified atom stereocenters. The third-order valence-electron chi connectivity index (χ3n) is 4.79. The van der Waals surface area contributed by atoms with Crippen LogP contribution in [0.15, 0.2) is 24.3 Å². The third-order valence-corrected chi connectivity index (χ3v) is 4.79. The summed E-state index contributed by atoms with van der Waals surface area (Å²) in [6.45, 7) is 13.6. The van der Waals surface area contributed by atoms with Crippen LogP contribution in [0.4, 0.5) is 0 Å². The number of aliphatic carboxylic acids is 2. The van der Waals surface area contributed by atoms with Gasteiger partial charge in [0.05, 0.1) is 25.4 Å². The molecular formula is C22H35NO7. The second-order valence-corrected chi connectivity index (χ2v) is 7.47. The van der Waals surface area contributed by atoms with Gasteiger partial charge in [0, 0.05) is 19.6 Å². The molecule has 0 aromatic heterocycles. The van der Waals surface area contributed by atoms with Gasteiger partial charge in [0.15, 0.2) is 0 Å². The molecule has 8 nitrogen and oxygen atoms in total. The lowest BCUT2D eigenvalue weighted by Gasteiger charge is -2.35. The molecule has 0 radical (unpaired) electrons. The number of carboxylic acids is 2. The Labute approximate surface area is 178 Å². The van der Waals surface area contributed by atoms with Gasteiger partial charge in [-0.05, 0) is 43.9 Å². The Morgan fingerprint density at radius 1 is 1.07 bits per heavy atom. The predicted molar refractivity (Wildman–Crippen MR) is 113 cm³/mol. The Balaban J connectivity index is 0.000000656. The maximum Gasteiger partial charge on any atom is 0.414 e. The van der Waals surface area contributed by atoms with Crippen LogP contribution in [-0.2, 0) is 19.1 Å². The van der Waals surface area contributed by atoms with E-state index in [1.807, 2.05) is 0 Å². The van der Waals surface area contributed by atoms with Gasteiger partial charge in [-0.3, -0.25) is 4.90 Å². The molecule has 1 fully saturated rings. The molecule has 3 atom stereocenters. The summed E-state index contributed by atoms with van der Waals surface area (Å²) in [6.07, 6.45) is 1.79. The molecule has 8 heteroatoms. The number of morpholine rings is 1. The highest BCUT2D eigenvalue weighted by Crippen LogP contribution is 2.21. The third kappa shape index (κ3) is 10.6. The first-order chi connectivity index (χ1) is 14.2. The van der Waals surface area contributed by atoms with Crippen LogP contribution in [0.1, 0.15) is 45.6 Å². The Hall–Kier alpha value is -2.16. The molecular weight excluding hydrogens is 390 g/mol. The van der Waals surface area contributed by atoms with Crippen LogP contribution in [0.25, 0.3) is 0 Å². The van der Waals surface area contributed by atoms with Gasteiger partial charge in [-0.1, -0.05) is 26.0 Å². The topological polar surface area (TPSA) is 106 Å². The molecule has 1 aliphatic heterocycles. The van der Waals surface area contributed by atoms with E-state index in [0.29, 0.717) is 31.3 Å². The summed E-state index contributed by atoms with van der Waals surface area (Å²) in [5, 5.41) is 14.8. The molecule has 1 saturated heterocycles. The van der Waals surface area contributed by atoms with Crippen LogP contribution in [-0.4, -0.2) is 78.7 Å². The van der Waals surface area contributed by atoms with Crippen molar-refractivity contribution in [1.82, 2.24) is 4.90 Å². The van der Waals surface area contributed by atoms with Gasteiger partial charge in [-0.25, -0.2) is 9.59 Å². The van der Waals surface area contributed by atoms with Gasteiger partial charge in [0.25, 0.3) is 0 Å². The zero-order valence-electron chi connectivity index (χ0n) is 18.4. The van der Waals surface area contributed by atoms with Crippen LogP contribution in [0.3, 0.4) is 0 Å². The lowest BCUT2D eigenvalue weighted by Crippen LogP contribution is -2.46. The standard InChI is InChI=1S/C20H33NO3.C2H2O4/c1-5-16(2)19-6-8-20(9-7-19)23-13-12-22-11-10-21-14-17(3)24-18(4)15-21;3-1(4)2(5)6/h6-9,16-18H,5,10-15H2,1-4H3;(H,3,4)(H,5,6). The summed E-state index contributed by atoms with van der Waals surface area (Å²) < 4.78 is 17.2. The fourth-order valence-corrected chi connectivity index (χ4v) is 3.11. The van der Waals surface area contributed by atoms with E-state index in [0.717, 1.165) is 38.4 Å². The Morgan fingerprint density at radius 3 is 2.13 bits per heavy atom. The molecule has 0 spiro atoms. The first kappa shape index (κ1) is 25.9. The van der Waals surface area contributed by atoms with Crippen LogP contribution < -0.4 is 4.74 Å². The van der Waals surface area contributed by atoms with Gasteiger partial charge in [0.2, 0.25) is 0 Å². The number of carboxylic acid groups (broad SMARTS) is 2. The zero-order valence-corrected chi connectivity index (χ0v) is 18.4. The smallest absolute Gasteiger partial charge is 0.414 e. The molecule has 1 aromatic rings. The number of benzene rings is 1. The summed E-state index contributed by atoms with van der Waals surface area (Å²) >= 11 is 0. The number of ether oxygens (including phenoxy) is 3. The highest BCUT2D eigenvalue weighted by Gasteiger charge is 2.21. The van der Waals surface area contributed by atoms with E-state index in [4.69, 9.17) is 34.0 Å². The van der Waals surface area contributed by atoms with Crippen molar-refractivity contribution >= 4 is 11.9 Å². The van der Waals surface area contributed by atoms with Gasteiger partial charge >= 0.3 is 11.9 Å². The Morgan fingerprint density at radius 2 is 1.63 bits per heavy atom. The molecule has 0 aliphatic carbocycles. The second-order valence-electron chi connectivity index (χ2n) is 7.47. The monoisotopic (exact) mass is 425 g/mol. The van der Waals surface area contributed by atoms with Crippen molar-refractivity contribution in [3.63, 3.8) is 0 Å². The number of hydrogen-bond donors (Lipinski definition) is 2. The predicted octanol–water partition coefficient (Wildman–Crippen LogP) is 2.86. The van der Waals surface area contributed by atoms with E-state index < -0.39 is 11.9 Å². The van der Waals surface area contributed by atoms with E-state index in [9.17, 15) is 0 Å². The molecule has 30 heavy (non-hydrogen) atoms. The van der Waals surface area contributed by atoms with Crippen molar-refractivity contribution in [2.45, 2.75) is 52.2 Å². The largest absolute Gasteiger partial charge is 0.491 e. The van der Waals surface area contributed by atoms with Gasteiger partial charge in [-0.15, -0.1) is 0 Å². The lowest BCUT2D eigenvalue weighted by molar-refractivity contribution is -0.159. The minimum absolute atomic E-state index is 0.315. The van der Waals surface area contributed by atoms with Crippen molar-refractivity contribution < 1.29 is 34.0 Å². The zero-order chi connectivity index (χ0) is 22.5. The van der Waals surface area contributed by atoms with E-state index in [1.54, 1.807) is 0 Å². The van der Waals surface area contributed by atoms with Crippen molar-refractivity contribution in [3.8, 4) is 5.75 Å². The summed E-state index contributed by atoms with van der Waals surface area (Å²) in [6, 6.07) is 8.42. The van der Waals surface area contributed by atoms with Crippen molar-refractivity contribution in [1.29, 1.82) is 0 Å². The van der Waals surface area contributed by atoms with Crippen LogP contribution in [0.5, 0.6) is 5.75 Å². The maximum atomic E-state index is 9.10. The molecule has 1 aromatic carbocycles. The molecule has 1 heterocycles. The van der Waals surface area contributed by atoms with Gasteiger partial charge in [0.1, 0.15) is 12.4 Å². The second kappa shape index (κ2) is 14.0. The van der Waals surface area contributed by atoms with Crippen LogP contribution in [0.2, 0.25) is 0 Å². The van der Waals surface area contributed by atoms with Crippen LogP contribution in [0, 0.1) is 0 Å². The number of carbonyl (C=O) groups is 2. The summed E-state index contributed by atoms with van der Waals surface area (Å²) in [5.74, 6) is -2.13. The van der Waals surface area contributed by atoms with E-state index >= 15 is 0 Å². The average Bonchev–Trinajstić information content (AvgIpc) is 2.70. The Bertz CT molecular complexity index is 613. The van der Waals surface area contributed by atoms with E-state index in [2.05, 4.69) is 56.9 Å². The van der Waals surface area contributed by atoms with Crippen LogP contribution >= 0.6 is 0 Å². The molecule has 2 N–H and O–H groups in total. The first-order valence-electron chi connectivity index (χ1n) is 10.4. The molecule has 0 amide bonds. The summed E-state index contributed by atoms with van der Waals surface area (Å²) in [5.41, 5.74) is 1.37. The highest BCUT2D eigenvalue weighted by molar-refractivity contribution is 6.27. The van der Waals surface area contributed by atoms with E-state index in [1.165, 1.54) is 5.56 Å². The molecule has 0 bridgehead atoms. The fraction of sp³-hybridized carbons (Fsp3) is 0.636. The number of nitrogens with zero attached hydrogens (tertiary/aromatic N) is 1. The normalized spacial score (nSPS) is 20.0. The quantitative estimate of drug-likeness (QED) is 0.460. The lowest BCUT2D eigenvalue weighted by atomic mass is 9.99. The molecule has 2 rings (SSSR count). The number of rotatable bonds is 9. The number of hydrogen-bond acceptors (Lipinski definition) is 6. The highest BCUT2D eigenvalue weighted by atomic mass is 16.5. The average molecular weight is 426 g/mol. The van der Waals surface area contributed by atoms with Gasteiger partial charge in [-0.2, -0.15) is 0 Å². The molecule has 0 saturated carbocycles. The minimum atomic E-state index is -1.82. The van der Waals surface area contributed by atoms with Crippen molar-refractivity contribution in [2.75, 3.05) is 39.5 Å². The van der Waals surface area contributed by atoms with E-state index in [-0.39, 0.29) is 0 Å². The van der Waals surface area contributed by atoms with Crippen molar-refractivity contribution in [2.24, 2.45) is 0 Å². The molecule has 1 aliphatic rings. The van der Waals surface area contributed by atoms with Crippen molar-refractivity contribution in [3.05, 3.63) is 29.8 Å². The fourth-order valence-electron chi connectivity index (χ4n) is 3.11. The maximum absolute atomic E-state index is 9.10. The minimum Gasteiger partial charge on any atom is -0.491 e. The first-order valence-corrected chi connectivity index (χ1v) is 10.4. The summed E-state index contributed by atoms with van der Waals surface area (Å²) in [4.78, 5) is 20.6. The van der Waals surface area contributed by atoms with Gasteiger partial charge < -0.3 is 24.4 Å². The summed E-state index contributed by atoms with van der Waals surface area (Å²) in [7, 11) is 0. The SMILES string of the molecule is CCC(C)c1ccc(OCCOCCN2CC(C)OC(C)C2)cc1.O=C(O)C(=O)O. The molecule has 170 valence electrons. The Kier molecular flexibility index (Phi) is 12.0.